The van der Waals surface area contributed by atoms with Gasteiger partial charge in [-0.1, -0.05) is 29.8 Å². The van der Waals surface area contributed by atoms with E-state index in [1.165, 1.54) is 16.9 Å². The molecule has 1 N–H and O–H groups in total. The second kappa shape index (κ2) is 7.91. The lowest BCUT2D eigenvalue weighted by molar-refractivity contribution is 0.0960. The highest BCUT2D eigenvalue weighted by Crippen LogP contribution is 2.15. The van der Waals surface area contributed by atoms with Crippen LogP contribution in [-0.2, 0) is 6.54 Å². The molecule has 24 heavy (non-hydrogen) atoms. The zero-order valence-corrected chi connectivity index (χ0v) is 14.2. The second-order valence-corrected chi connectivity index (χ2v) is 6.77. The van der Waals surface area contributed by atoms with E-state index in [9.17, 15) is 4.79 Å². The molecule has 0 saturated carbocycles. The van der Waals surface area contributed by atoms with E-state index in [-0.39, 0.29) is 5.91 Å². The van der Waals surface area contributed by atoms with Crippen molar-refractivity contribution in [3.05, 3.63) is 69.4 Å². The Hall–Kier alpha value is -2.42. The molecule has 0 radical (unpaired) electrons. The minimum absolute atomic E-state index is 0.00153. The Morgan fingerprint density at radius 1 is 1.33 bits per heavy atom. The summed E-state index contributed by atoms with van der Waals surface area (Å²) >= 11 is 1.46. The summed E-state index contributed by atoms with van der Waals surface area (Å²) in [6.45, 7) is 3.31. The molecule has 0 bridgehead atoms. The van der Waals surface area contributed by atoms with Crippen molar-refractivity contribution in [1.29, 1.82) is 5.26 Å². The fourth-order valence-corrected chi connectivity index (χ4v) is 3.38. The average molecular weight is 337 g/mol. The summed E-state index contributed by atoms with van der Waals surface area (Å²) in [7, 11) is 0. The topological polar surface area (TPSA) is 56.1 Å². The molecule has 0 aliphatic carbocycles. The van der Waals surface area contributed by atoms with Gasteiger partial charge in [0.05, 0.1) is 16.5 Å². The molecular weight excluding hydrogens is 318 g/mol. The minimum atomic E-state index is 0.00153. The summed E-state index contributed by atoms with van der Waals surface area (Å²) in [5.41, 5.74) is 3.15. The zero-order chi connectivity index (χ0) is 16.8. The maximum absolute atomic E-state index is 11.9. The molecule has 0 saturated heterocycles. The van der Waals surface area contributed by atoms with Gasteiger partial charge in [0.2, 0.25) is 0 Å². The van der Waals surface area contributed by atoms with Crippen LogP contribution in [-0.4, -0.2) is 30.4 Å². The van der Waals surface area contributed by atoms with Crippen LogP contribution in [0.1, 0.15) is 27.2 Å². The van der Waals surface area contributed by atoms with Crippen molar-refractivity contribution in [1.82, 2.24) is 10.2 Å². The van der Waals surface area contributed by atoms with Crippen LogP contribution in [0.25, 0.3) is 0 Å². The summed E-state index contributed by atoms with van der Waals surface area (Å²) in [5, 5.41) is 13.9. The van der Waals surface area contributed by atoms with E-state index in [0.29, 0.717) is 12.1 Å². The number of rotatable bonds is 5. The van der Waals surface area contributed by atoms with Gasteiger partial charge in [0.15, 0.2) is 0 Å². The van der Waals surface area contributed by atoms with Crippen LogP contribution in [0, 0.1) is 11.3 Å². The largest absolute Gasteiger partial charge is 0.348 e. The Morgan fingerprint density at radius 3 is 2.96 bits per heavy atom. The SMILES string of the molecule is N#Cc1cccc(CN2CC=C(CNC(=O)c3cccs3)CC2)c1. The van der Waals surface area contributed by atoms with E-state index in [1.807, 2.05) is 35.7 Å². The molecule has 1 aliphatic rings. The molecule has 122 valence electrons. The third-order valence-corrected chi connectivity index (χ3v) is 4.94. The Morgan fingerprint density at radius 2 is 2.25 bits per heavy atom. The van der Waals surface area contributed by atoms with Gasteiger partial charge in [-0.25, -0.2) is 0 Å². The molecule has 1 aromatic carbocycles. The smallest absolute Gasteiger partial charge is 0.261 e. The van der Waals surface area contributed by atoms with Crippen molar-refractivity contribution >= 4 is 17.2 Å². The first-order valence-electron chi connectivity index (χ1n) is 7.95. The van der Waals surface area contributed by atoms with Gasteiger partial charge < -0.3 is 5.32 Å². The summed E-state index contributed by atoms with van der Waals surface area (Å²) in [4.78, 5) is 15.1. The first-order valence-corrected chi connectivity index (χ1v) is 8.83. The number of amides is 1. The third-order valence-electron chi connectivity index (χ3n) is 4.07. The van der Waals surface area contributed by atoms with Crippen LogP contribution in [0.2, 0.25) is 0 Å². The lowest BCUT2D eigenvalue weighted by atomic mass is 10.1. The number of hydrogen-bond donors (Lipinski definition) is 1. The predicted molar refractivity (Wildman–Crippen MR) is 95.8 cm³/mol. The van der Waals surface area contributed by atoms with Gasteiger partial charge in [-0.3, -0.25) is 9.69 Å². The van der Waals surface area contributed by atoms with Gasteiger partial charge in [-0.05, 0) is 35.6 Å². The van der Waals surface area contributed by atoms with Gasteiger partial charge in [-0.2, -0.15) is 5.26 Å². The standard InChI is InChI=1S/C19H19N3OS/c20-12-16-3-1-4-17(11-16)14-22-8-6-15(7-9-22)13-21-19(23)18-5-2-10-24-18/h1-6,10-11H,7-9,13-14H2,(H,21,23). The number of nitrogens with zero attached hydrogens (tertiary/aromatic N) is 2. The van der Waals surface area contributed by atoms with E-state index in [0.717, 1.165) is 36.5 Å². The van der Waals surface area contributed by atoms with Gasteiger partial charge in [0.25, 0.3) is 5.91 Å². The molecule has 0 spiro atoms. The van der Waals surface area contributed by atoms with Crippen LogP contribution in [0.3, 0.4) is 0 Å². The first kappa shape index (κ1) is 16.4. The molecule has 2 aromatic rings. The minimum Gasteiger partial charge on any atom is -0.348 e. The van der Waals surface area contributed by atoms with Crippen molar-refractivity contribution in [2.75, 3.05) is 19.6 Å². The number of nitriles is 1. The van der Waals surface area contributed by atoms with Crippen molar-refractivity contribution in [3.63, 3.8) is 0 Å². The highest BCUT2D eigenvalue weighted by atomic mass is 32.1. The van der Waals surface area contributed by atoms with E-state index >= 15 is 0 Å². The first-order chi connectivity index (χ1) is 11.7. The van der Waals surface area contributed by atoms with Crippen molar-refractivity contribution in [3.8, 4) is 6.07 Å². The summed E-state index contributed by atoms with van der Waals surface area (Å²) < 4.78 is 0. The monoisotopic (exact) mass is 337 g/mol. The fourth-order valence-electron chi connectivity index (χ4n) is 2.74. The molecule has 1 aromatic heterocycles. The van der Waals surface area contributed by atoms with Gasteiger partial charge >= 0.3 is 0 Å². The Labute approximate surface area is 146 Å². The molecule has 3 rings (SSSR count). The molecule has 0 fully saturated rings. The van der Waals surface area contributed by atoms with Crippen molar-refractivity contribution in [2.24, 2.45) is 0 Å². The highest BCUT2D eigenvalue weighted by Gasteiger charge is 2.13. The van der Waals surface area contributed by atoms with Crippen LogP contribution in [0.15, 0.2) is 53.4 Å². The molecule has 1 aliphatic heterocycles. The number of benzene rings is 1. The van der Waals surface area contributed by atoms with Gasteiger partial charge in [0.1, 0.15) is 0 Å². The summed E-state index contributed by atoms with van der Waals surface area (Å²) in [5.74, 6) is 0.00153. The summed E-state index contributed by atoms with van der Waals surface area (Å²) in [6, 6.07) is 13.7. The van der Waals surface area contributed by atoms with Crippen molar-refractivity contribution in [2.45, 2.75) is 13.0 Å². The average Bonchev–Trinajstić information content (AvgIpc) is 3.16. The van der Waals surface area contributed by atoms with E-state index < -0.39 is 0 Å². The predicted octanol–water partition coefficient (Wildman–Crippen LogP) is 3.18. The Kier molecular flexibility index (Phi) is 5.42. The quantitative estimate of drug-likeness (QED) is 0.853. The molecular formula is C19H19N3OS. The molecule has 0 unspecified atom stereocenters. The van der Waals surface area contributed by atoms with E-state index in [2.05, 4.69) is 28.4 Å². The number of carbonyl (C=O) groups excluding carboxylic acids is 1. The second-order valence-electron chi connectivity index (χ2n) is 5.82. The van der Waals surface area contributed by atoms with Gasteiger partial charge in [0, 0.05) is 26.2 Å². The third kappa shape index (κ3) is 4.31. The van der Waals surface area contributed by atoms with Crippen LogP contribution in [0.5, 0.6) is 0 Å². The normalized spacial score (nSPS) is 14.7. The summed E-state index contributed by atoms with van der Waals surface area (Å²) in [6.07, 6.45) is 3.16. The number of nitrogens with one attached hydrogen (secondary N) is 1. The molecule has 2 heterocycles. The van der Waals surface area contributed by atoms with Gasteiger partial charge in [-0.15, -0.1) is 11.3 Å². The fraction of sp³-hybridized carbons (Fsp3) is 0.263. The molecule has 1 amide bonds. The molecule has 5 heteroatoms. The molecule has 0 atom stereocenters. The Bertz CT molecular complexity index is 774. The van der Waals surface area contributed by atoms with Crippen molar-refractivity contribution < 1.29 is 4.79 Å². The van der Waals surface area contributed by atoms with Crippen LogP contribution < -0.4 is 5.32 Å². The molecule has 4 nitrogen and oxygen atoms in total. The maximum Gasteiger partial charge on any atom is 0.261 e. The number of thiophene rings is 1. The zero-order valence-electron chi connectivity index (χ0n) is 13.4. The maximum atomic E-state index is 11.9. The van der Waals surface area contributed by atoms with E-state index in [1.54, 1.807) is 0 Å². The number of hydrogen-bond acceptors (Lipinski definition) is 4. The highest BCUT2D eigenvalue weighted by molar-refractivity contribution is 7.12. The van der Waals surface area contributed by atoms with Crippen LogP contribution >= 0.6 is 11.3 Å². The Balaban J connectivity index is 1.49. The number of carbonyl (C=O) groups is 1. The van der Waals surface area contributed by atoms with E-state index in [4.69, 9.17) is 5.26 Å². The van der Waals surface area contributed by atoms with Crippen LogP contribution in [0.4, 0.5) is 0 Å². The lowest BCUT2D eigenvalue weighted by Crippen LogP contribution is -2.32. The lowest BCUT2D eigenvalue weighted by Gasteiger charge is -2.26.